The zero-order valence-corrected chi connectivity index (χ0v) is 17.7. The second-order valence-electron chi connectivity index (χ2n) is 8.51. The lowest BCUT2D eigenvalue weighted by atomic mass is 9.90. The molecule has 3 aromatic rings. The van der Waals surface area contributed by atoms with E-state index in [1.165, 1.54) is 30.7 Å². The van der Waals surface area contributed by atoms with Crippen molar-refractivity contribution >= 4 is 22.9 Å². The van der Waals surface area contributed by atoms with Crippen LogP contribution in [0.5, 0.6) is 5.75 Å². The summed E-state index contributed by atoms with van der Waals surface area (Å²) >= 11 is 0. The summed E-state index contributed by atoms with van der Waals surface area (Å²) in [6, 6.07) is 7.85. The Morgan fingerprint density at radius 3 is 2.81 bits per heavy atom. The zero-order chi connectivity index (χ0) is 22.2. The van der Waals surface area contributed by atoms with Crippen LogP contribution in [0.15, 0.2) is 42.2 Å². The monoisotopic (exact) mass is 437 g/mol. The third-order valence-corrected chi connectivity index (χ3v) is 6.55. The maximum Gasteiger partial charge on any atom is 0.249 e. The number of aromatic amines is 1. The molecule has 0 unspecified atom stereocenters. The molecule has 3 N–H and O–H groups in total. The van der Waals surface area contributed by atoms with Crippen molar-refractivity contribution in [3.8, 4) is 5.75 Å². The van der Waals surface area contributed by atoms with Crippen LogP contribution < -0.4 is 10.5 Å². The van der Waals surface area contributed by atoms with Crippen LogP contribution in [0.1, 0.15) is 47.2 Å². The zero-order valence-electron chi connectivity index (χ0n) is 17.7. The normalized spacial score (nSPS) is 15.6. The van der Waals surface area contributed by atoms with Gasteiger partial charge in [0.1, 0.15) is 12.4 Å². The van der Waals surface area contributed by atoms with E-state index in [2.05, 4.69) is 9.88 Å². The number of aromatic nitrogens is 1. The number of primary amides is 1. The number of hydrogen-bond donors (Lipinski definition) is 2. The lowest BCUT2D eigenvalue weighted by Crippen LogP contribution is -2.42. The molecule has 0 bridgehead atoms. The Balaban J connectivity index is 1.37. The van der Waals surface area contributed by atoms with E-state index >= 15 is 0 Å². The summed E-state index contributed by atoms with van der Waals surface area (Å²) in [4.78, 5) is 17.3. The fourth-order valence-corrected chi connectivity index (χ4v) is 4.66. The van der Waals surface area contributed by atoms with Crippen LogP contribution in [0.3, 0.4) is 0 Å². The van der Waals surface area contributed by atoms with Gasteiger partial charge in [0.15, 0.2) is 11.6 Å². The van der Waals surface area contributed by atoms with Crippen LogP contribution in [-0.4, -0.2) is 35.0 Å². The lowest BCUT2D eigenvalue weighted by Gasteiger charge is -2.41. The number of nitrogens with two attached hydrogens (primary N) is 1. The third kappa shape index (κ3) is 3.72. The first-order valence-electron chi connectivity index (χ1n) is 11.0. The summed E-state index contributed by atoms with van der Waals surface area (Å²) < 4.78 is 33.4. The number of benzene rings is 2. The van der Waals surface area contributed by atoms with Crippen molar-refractivity contribution in [1.29, 1.82) is 0 Å². The van der Waals surface area contributed by atoms with Gasteiger partial charge in [-0.3, -0.25) is 4.79 Å². The maximum absolute atomic E-state index is 14.2. The van der Waals surface area contributed by atoms with Crippen molar-refractivity contribution in [3.63, 3.8) is 0 Å². The highest BCUT2D eigenvalue weighted by Gasteiger charge is 2.30. The number of aryl methyl sites for hydroxylation is 1. The summed E-state index contributed by atoms with van der Waals surface area (Å²) in [6.45, 7) is 1.07. The summed E-state index contributed by atoms with van der Waals surface area (Å²) in [7, 11) is 0. The Hall–Kier alpha value is -3.35. The molecule has 7 heteroatoms. The van der Waals surface area contributed by atoms with E-state index in [1.807, 2.05) is 18.3 Å². The van der Waals surface area contributed by atoms with Gasteiger partial charge in [-0.1, -0.05) is 0 Å². The minimum Gasteiger partial charge on any atom is -0.484 e. The van der Waals surface area contributed by atoms with E-state index in [-0.39, 0.29) is 23.7 Å². The highest BCUT2D eigenvalue weighted by molar-refractivity contribution is 5.98. The number of nitrogens with one attached hydrogen (secondary N) is 1. The van der Waals surface area contributed by atoms with Gasteiger partial charge in [0, 0.05) is 35.2 Å². The molecule has 32 heavy (non-hydrogen) atoms. The molecule has 1 aromatic heterocycles. The summed E-state index contributed by atoms with van der Waals surface area (Å²) in [5, 5.41) is 1.04. The van der Waals surface area contributed by atoms with Crippen molar-refractivity contribution in [2.75, 3.05) is 13.2 Å². The average molecular weight is 437 g/mol. The van der Waals surface area contributed by atoms with E-state index in [1.54, 1.807) is 0 Å². The van der Waals surface area contributed by atoms with E-state index in [0.717, 1.165) is 54.4 Å². The molecule has 1 aliphatic carbocycles. The topological polar surface area (TPSA) is 71.4 Å². The molecule has 1 fully saturated rings. The highest BCUT2D eigenvalue weighted by atomic mass is 19.1. The molecule has 0 spiro atoms. The first kappa shape index (κ1) is 20.5. The van der Waals surface area contributed by atoms with E-state index in [9.17, 15) is 13.6 Å². The second-order valence-corrected chi connectivity index (χ2v) is 8.51. The van der Waals surface area contributed by atoms with Gasteiger partial charge in [0.2, 0.25) is 5.91 Å². The molecule has 5 rings (SSSR count). The molecule has 0 saturated heterocycles. The Morgan fingerprint density at radius 2 is 2.06 bits per heavy atom. The number of amides is 1. The van der Waals surface area contributed by atoms with E-state index < -0.39 is 11.7 Å². The molecule has 2 aromatic carbocycles. The lowest BCUT2D eigenvalue weighted by molar-refractivity contribution is 0.0999. The van der Waals surface area contributed by atoms with Crippen molar-refractivity contribution in [3.05, 3.63) is 70.6 Å². The predicted molar refractivity (Wildman–Crippen MR) is 119 cm³/mol. The van der Waals surface area contributed by atoms with Crippen molar-refractivity contribution in [2.24, 2.45) is 5.73 Å². The Bertz CT molecular complexity index is 1210. The molecule has 0 radical (unpaired) electrons. The first-order valence-corrected chi connectivity index (χ1v) is 11.0. The standard InChI is InChI=1S/C25H25F2N3O2/c26-16-6-7-19-15(13-29-23(19)11-16)3-2-10-30(17-4-1-5-17)18-12-21-20(25(28)31)8-9-22(27)24(21)32-14-18/h6-9,11-13,17,29H,1-5,10,14H2,(H2,28,31). The number of H-pyrrole nitrogens is 1. The SMILES string of the molecule is NC(=O)c1ccc(F)c2c1C=C(N(CCCc1c[nH]c3cc(F)ccc13)C1CCC1)CO2. The maximum atomic E-state index is 14.2. The van der Waals surface area contributed by atoms with Crippen molar-refractivity contribution in [1.82, 2.24) is 9.88 Å². The Labute approximate surface area is 184 Å². The Kier molecular flexibility index (Phi) is 5.33. The average Bonchev–Trinajstić information content (AvgIpc) is 3.13. The van der Waals surface area contributed by atoms with E-state index in [4.69, 9.17) is 10.5 Å². The number of ether oxygens (including phenoxy) is 1. The van der Waals surface area contributed by atoms with Gasteiger partial charge in [0.05, 0.1) is 11.3 Å². The number of carbonyl (C=O) groups excluding carboxylic acids is 1. The molecule has 166 valence electrons. The van der Waals surface area contributed by atoms with Crippen LogP contribution in [0.25, 0.3) is 17.0 Å². The van der Waals surface area contributed by atoms with Gasteiger partial charge >= 0.3 is 0 Å². The largest absolute Gasteiger partial charge is 0.484 e. The van der Waals surface area contributed by atoms with Crippen molar-refractivity contribution in [2.45, 2.75) is 38.1 Å². The molecule has 2 aliphatic rings. The van der Waals surface area contributed by atoms with Gasteiger partial charge < -0.3 is 20.4 Å². The molecule has 0 atom stereocenters. The summed E-state index contributed by atoms with van der Waals surface area (Å²) in [5.74, 6) is -1.26. The van der Waals surface area contributed by atoms with Gasteiger partial charge in [-0.2, -0.15) is 0 Å². The molecule has 1 amide bonds. The fourth-order valence-electron chi connectivity index (χ4n) is 4.66. The minimum absolute atomic E-state index is 0.0876. The third-order valence-electron chi connectivity index (χ3n) is 6.55. The predicted octanol–water partition coefficient (Wildman–Crippen LogP) is 4.77. The molecule has 5 nitrogen and oxygen atoms in total. The number of halogens is 2. The van der Waals surface area contributed by atoms with E-state index in [0.29, 0.717) is 11.6 Å². The molecular weight excluding hydrogens is 412 g/mol. The Morgan fingerprint density at radius 1 is 1.22 bits per heavy atom. The van der Waals surface area contributed by atoms with Crippen LogP contribution in [0.2, 0.25) is 0 Å². The number of carbonyl (C=O) groups is 1. The van der Waals surface area contributed by atoms with Gasteiger partial charge in [0.25, 0.3) is 0 Å². The van der Waals surface area contributed by atoms with Crippen LogP contribution in [0, 0.1) is 11.6 Å². The highest BCUT2D eigenvalue weighted by Crippen LogP contribution is 2.36. The van der Waals surface area contributed by atoms with Gasteiger partial charge in [-0.05, 0) is 74.1 Å². The van der Waals surface area contributed by atoms with Crippen LogP contribution >= 0.6 is 0 Å². The number of hydrogen-bond acceptors (Lipinski definition) is 3. The van der Waals surface area contributed by atoms with Gasteiger partial charge in [-0.25, -0.2) is 8.78 Å². The molecule has 1 aliphatic heterocycles. The smallest absolute Gasteiger partial charge is 0.249 e. The van der Waals surface area contributed by atoms with Gasteiger partial charge in [-0.15, -0.1) is 0 Å². The van der Waals surface area contributed by atoms with Crippen LogP contribution in [0.4, 0.5) is 8.78 Å². The summed E-state index contributed by atoms with van der Waals surface area (Å²) in [6.07, 6.45) is 8.93. The fraction of sp³-hybridized carbons (Fsp3) is 0.320. The molecule has 2 heterocycles. The summed E-state index contributed by atoms with van der Waals surface area (Å²) in [5.41, 5.74) is 9.09. The first-order chi connectivity index (χ1) is 15.5. The number of rotatable bonds is 7. The minimum atomic E-state index is -0.603. The molecule has 1 saturated carbocycles. The van der Waals surface area contributed by atoms with Crippen LogP contribution in [-0.2, 0) is 6.42 Å². The van der Waals surface area contributed by atoms with Crippen molar-refractivity contribution < 1.29 is 18.3 Å². The number of fused-ring (bicyclic) bond motifs is 2. The quantitative estimate of drug-likeness (QED) is 0.560. The molecular formula is C25H25F2N3O2. The number of nitrogens with zero attached hydrogens (tertiary/aromatic N) is 1. The second kappa shape index (κ2) is 8.30.